The summed E-state index contributed by atoms with van der Waals surface area (Å²) in [5.74, 6) is -1.72. The van der Waals surface area contributed by atoms with Gasteiger partial charge in [0.25, 0.3) is 0 Å². The third-order valence-electron chi connectivity index (χ3n) is 9.60. The second-order valence-electron chi connectivity index (χ2n) is 13.7. The first-order valence-corrected chi connectivity index (χ1v) is 17.7. The zero-order valence-electron chi connectivity index (χ0n) is 29.5. The molecule has 2 heterocycles. The molecule has 1 aliphatic carbocycles. The number of aliphatic hydroxyl groups excluding tert-OH is 6. The highest BCUT2D eigenvalue weighted by molar-refractivity contribution is 5.81. The van der Waals surface area contributed by atoms with Crippen LogP contribution in [0.2, 0.25) is 0 Å². The summed E-state index contributed by atoms with van der Waals surface area (Å²) in [7, 11) is 0. The Morgan fingerprint density at radius 2 is 1.62 bits per heavy atom. The molecule has 11 N–H and O–H groups in total. The molecule has 294 valence electrons. The van der Waals surface area contributed by atoms with Gasteiger partial charge in [-0.1, -0.05) is 50.6 Å². The van der Waals surface area contributed by atoms with Gasteiger partial charge in [0.05, 0.1) is 36.9 Å². The molecule has 1 aromatic rings. The van der Waals surface area contributed by atoms with Gasteiger partial charge in [0.1, 0.15) is 49.3 Å². The molecule has 3 amide bonds. The van der Waals surface area contributed by atoms with Crippen molar-refractivity contribution in [3.63, 3.8) is 0 Å². The van der Waals surface area contributed by atoms with Crippen molar-refractivity contribution in [1.82, 2.24) is 16.0 Å². The number of amides is 3. The first-order chi connectivity index (χ1) is 24.7. The van der Waals surface area contributed by atoms with Crippen molar-refractivity contribution in [3.05, 3.63) is 35.9 Å². The van der Waals surface area contributed by atoms with Gasteiger partial charge in [-0.2, -0.15) is 0 Å². The SMILES string of the molecule is CCC[C@H](O)C(=O)N[C@@H]1C(O)[C@H](N)C(O[C@H]2OC(CNC(=O)OCc3ccccc3)CCC2C)C(O)[C@H]1O[C@H]1OC(CO)[C@@H](O)[C@H](NC(C)=O)C1O. The quantitative estimate of drug-likeness (QED) is 0.0942. The lowest BCUT2D eigenvalue weighted by Crippen LogP contribution is -2.74. The topological polar surface area (TPSA) is 281 Å². The maximum absolute atomic E-state index is 12.9. The van der Waals surface area contributed by atoms with E-state index in [0.29, 0.717) is 19.3 Å². The van der Waals surface area contributed by atoms with E-state index in [-0.39, 0.29) is 25.5 Å². The maximum Gasteiger partial charge on any atom is 0.407 e. The molecule has 0 spiro atoms. The number of benzene rings is 1. The van der Waals surface area contributed by atoms with Crippen LogP contribution in [-0.4, -0.2) is 147 Å². The van der Waals surface area contributed by atoms with Crippen LogP contribution in [0.15, 0.2) is 30.3 Å². The van der Waals surface area contributed by atoms with E-state index in [1.165, 1.54) is 0 Å². The van der Waals surface area contributed by atoms with E-state index in [1.807, 2.05) is 37.3 Å². The Labute approximate surface area is 301 Å². The van der Waals surface area contributed by atoms with Crippen LogP contribution in [0.3, 0.4) is 0 Å². The van der Waals surface area contributed by atoms with E-state index in [9.17, 15) is 45.0 Å². The Balaban J connectivity index is 1.49. The van der Waals surface area contributed by atoms with Crippen molar-refractivity contribution in [2.45, 2.75) is 139 Å². The van der Waals surface area contributed by atoms with E-state index < -0.39 is 110 Å². The minimum Gasteiger partial charge on any atom is -0.445 e. The average molecular weight is 743 g/mol. The summed E-state index contributed by atoms with van der Waals surface area (Å²) in [5.41, 5.74) is 7.25. The summed E-state index contributed by atoms with van der Waals surface area (Å²) in [4.78, 5) is 37.2. The minimum absolute atomic E-state index is 0.0844. The molecule has 3 fully saturated rings. The van der Waals surface area contributed by atoms with Crippen LogP contribution in [-0.2, 0) is 39.9 Å². The fourth-order valence-corrected chi connectivity index (χ4v) is 6.60. The molecule has 4 rings (SSSR count). The molecule has 15 atom stereocenters. The van der Waals surface area contributed by atoms with Crippen molar-refractivity contribution in [1.29, 1.82) is 0 Å². The molecule has 7 unspecified atom stereocenters. The van der Waals surface area contributed by atoms with E-state index in [2.05, 4.69) is 16.0 Å². The monoisotopic (exact) mass is 742 g/mol. The zero-order valence-corrected chi connectivity index (χ0v) is 29.5. The average Bonchev–Trinajstić information content (AvgIpc) is 3.12. The number of hydrogen-bond acceptors (Lipinski definition) is 15. The van der Waals surface area contributed by atoms with Crippen LogP contribution in [0.1, 0.15) is 52.0 Å². The Morgan fingerprint density at radius 1 is 0.923 bits per heavy atom. The molecule has 52 heavy (non-hydrogen) atoms. The second-order valence-corrected chi connectivity index (χ2v) is 13.7. The highest BCUT2D eigenvalue weighted by atomic mass is 16.7. The molecule has 0 radical (unpaired) electrons. The standard InChI is InChI=1S/C34H54N4O14/c1-4-8-20(41)31(46)38-24-26(43)22(35)29(28(45)30(24)52-33-27(44)23(37-17(3)40)25(42)21(14-39)50-33)51-32-16(2)11-12-19(49-32)13-36-34(47)48-15-18-9-6-5-7-10-18/h5-7,9-10,16,19-30,32-33,39,41-45H,4,8,11-15,35H2,1-3H3,(H,36,47)(H,37,40)(H,38,46)/t16?,19?,20-,21?,22-,23-,24+,25+,26?,27?,28?,29?,30-,32+,33+/m0/s1. The third-order valence-corrected chi connectivity index (χ3v) is 9.60. The molecule has 0 aromatic heterocycles. The number of carbonyl (C=O) groups excluding carboxylic acids is 3. The lowest BCUT2D eigenvalue weighted by atomic mass is 9.81. The number of aliphatic hydroxyl groups is 6. The van der Waals surface area contributed by atoms with Gasteiger partial charge in [0.2, 0.25) is 11.8 Å². The van der Waals surface area contributed by atoms with Crippen molar-refractivity contribution in [2.75, 3.05) is 13.2 Å². The lowest BCUT2D eigenvalue weighted by Gasteiger charge is -2.50. The molecular formula is C34H54N4O14. The van der Waals surface area contributed by atoms with E-state index in [1.54, 1.807) is 6.92 Å². The predicted molar refractivity (Wildman–Crippen MR) is 180 cm³/mol. The van der Waals surface area contributed by atoms with Crippen LogP contribution >= 0.6 is 0 Å². The van der Waals surface area contributed by atoms with Crippen molar-refractivity contribution < 1.29 is 68.7 Å². The van der Waals surface area contributed by atoms with E-state index in [4.69, 9.17) is 29.4 Å². The lowest BCUT2D eigenvalue weighted by molar-refractivity contribution is -0.322. The molecule has 1 aromatic carbocycles. The molecule has 1 saturated carbocycles. The van der Waals surface area contributed by atoms with Crippen LogP contribution in [0, 0.1) is 5.92 Å². The van der Waals surface area contributed by atoms with Gasteiger partial charge in [-0.25, -0.2) is 4.79 Å². The van der Waals surface area contributed by atoms with Crippen molar-refractivity contribution in [2.24, 2.45) is 11.7 Å². The normalized spacial score (nSPS) is 37.0. The highest BCUT2D eigenvalue weighted by Crippen LogP contribution is 2.33. The van der Waals surface area contributed by atoms with Crippen LogP contribution in [0.5, 0.6) is 0 Å². The summed E-state index contributed by atoms with van der Waals surface area (Å²) in [6, 6.07) is 4.97. The summed E-state index contributed by atoms with van der Waals surface area (Å²) >= 11 is 0. The van der Waals surface area contributed by atoms with E-state index in [0.717, 1.165) is 12.5 Å². The molecule has 18 heteroatoms. The van der Waals surface area contributed by atoms with E-state index >= 15 is 0 Å². The van der Waals surface area contributed by atoms with Gasteiger partial charge in [0.15, 0.2) is 12.6 Å². The highest BCUT2D eigenvalue weighted by Gasteiger charge is 2.55. The molecular weight excluding hydrogens is 688 g/mol. The Bertz CT molecular complexity index is 1300. The van der Waals surface area contributed by atoms with Gasteiger partial charge < -0.3 is 76.0 Å². The predicted octanol–water partition coefficient (Wildman–Crippen LogP) is -2.52. The van der Waals surface area contributed by atoms with Gasteiger partial charge in [-0.05, 0) is 24.8 Å². The number of carbonyl (C=O) groups is 3. The number of alkyl carbamates (subject to hydrolysis) is 1. The molecule has 3 aliphatic rings. The summed E-state index contributed by atoms with van der Waals surface area (Å²) in [6.45, 7) is 4.19. The number of ether oxygens (including phenoxy) is 5. The van der Waals surface area contributed by atoms with Gasteiger partial charge in [-0.15, -0.1) is 0 Å². The third kappa shape index (κ3) is 10.6. The van der Waals surface area contributed by atoms with Crippen LogP contribution in [0.25, 0.3) is 0 Å². The van der Waals surface area contributed by atoms with Crippen molar-refractivity contribution in [3.8, 4) is 0 Å². The summed E-state index contributed by atoms with van der Waals surface area (Å²) < 4.78 is 29.3. The fourth-order valence-electron chi connectivity index (χ4n) is 6.60. The van der Waals surface area contributed by atoms with Crippen LogP contribution in [0.4, 0.5) is 4.79 Å². The number of nitrogens with one attached hydrogen (secondary N) is 3. The Kier molecular flexibility index (Phi) is 15.5. The number of rotatable bonds is 14. The fraction of sp³-hybridized carbons (Fsp3) is 0.735. The molecule has 18 nitrogen and oxygen atoms in total. The van der Waals surface area contributed by atoms with Crippen molar-refractivity contribution >= 4 is 17.9 Å². The number of hydrogen-bond donors (Lipinski definition) is 10. The molecule has 2 saturated heterocycles. The van der Waals surface area contributed by atoms with Gasteiger partial charge in [0, 0.05) is 19.4 Å². The first kappa shape index (κ1) is 41.7. The van der Waals surface area contributed by atoms with Gasteiger partial charge >= 0.3 is 6.09 Å². The summed E-state index contributed by atoms with van der Waals surface area (Å²) in [5, 5.41) is 72.7. The van der Waals surface area contributed by atoms with Crippen LogP contribution < -0.4 is 21.7 Å². The van der Waals surface area contributed by atoms with Gasteiger partial charge in [-0.3, -0.25) is 9.59 Å². The zero-order chi connectivity index (χ0) is 38.1. The first-order valence-electron chi connectivity index (χ1n) is 17.7. The Morgan fingerprint density at radius 3 is 2.27 bits per heavy atom. The Hall–Kier alpha value is -3.01. The second kappa shape index (κ2) is 19.4. The largest absolute Gasteiger partial charge is 0.445 e. The number of nitrogens with two attached hydrogens (primary N) is 1. The molecule has 2 aliphatic heterocycles. The minimum atomic E-state index is -1.75. The summed E-state index contributed by atoms with van der Waals surface area (Å²) in [6.07, 6.45) is -14.7. The molecule has 0 bridgehead atoms. The maximum atomic E-state index is 12.9. The smallest absolute Gasteiger partial charge is 0.407 e.